The first-order chi connectivity index (χ1) is 11.6. The van der Waals surface area contributed by atoms with Gasteiger partial charge < -0.3 is 20.1 Å². The Balaban J connectivity index is 1.76. The number of aryl methyl sites for hydroxylation is 1. The van der Waals surface area contributed by atoms with Crippen molar-refractivity contribution in [2.24, 2.45) is 0 Å². The number of anilines is 1. The van der Waals surface area contributed by atoms with Gasteiger partial charge in [0.25, 0.3) is 0 Å². The van der Waals surface area contributed by atoms with E-state index in [-0.39, 0.29) is 12.1 Å². The molecule has 3 rings (SSSR count). The summed E-state index contributed by atoms with van der Waals surface area (Å²) in [6.07, 6.45) is 0.702. The Hall–Kier alpha value is -2.40. The van der Waals surface area contributed by atoms with Crippen LogP contribution in [0.2, 0.25) is 5.02 Å². The number of benzene rings is 2. The molecule has 0 saturated carbocycles. The number of carbonyl (C=O) groups excluding carboxylic acids is 1. The van der Waals surface area contributed by atoms with E-state index in [4.69, 9.17) is 21.1 Å². The molecular formula is C18H19ClN2O3. The topological polar surface area (TPSA) is 59.6 Å². The third-order valence-corrected chi connectivity index (χ3v) is 4.14. The number of rotatable bonds is 3. The zero-order chi connectivity index (χ0) is 17.1. The highest BCUT2D eigenvalue weighted by atomic mass is 35.5. The first-order valence-corrected chi connectivity index (χ1v) is 8.09. The van der Waals surface area contributed by atoms with E-state index in [0.29, 0.717) is 35.2 Å². The van der Waals surface area contributed by atoms with E-state index in [2.05, 4.69) is 10.6 Å². The van der Waals surface area contributed by atoms with Crippen LogP contribution in [-0.4, -0.2) is 19.7 Å². The summed E-state index contributed by atoms with van der Waals surface area (Å²) >= 11 is 5.85. The van der Waals surface area contributed by atoms with Crippen LogP contribution >= 0.6 is 11.6 Å². The Morgan fingerprint density at radius 2 is 2.04 bits per heavy atom. The van der Waals surface area contributed by atoms with Crippen LogP contribution in [0, 0.1) is 6.92 Å². The molecule has 2 N–H and O–H groups in total. The van der Waals surface area contributed by atoms with Gasteiger partial charge in [0, 0.05) is 22.7 Å². The van der Waals surface area contributed by atoms with Crippen molar-refractivity contribution in [3.8, 4) is 11.5 Å². The fourth-order valence-electron chi connectivity index (χ4n) is 2.77. The van der Waals surface area contributed by atoms with Gasteiger partial charge >= 0.3 is 6.03 Å². The van der Waals surface area contributed by atoms with Gasteiger partial charge in [-0.2, -0.15) is 0 Å². The lowest BCUT2D eigenvalue weighted by Crippen LogP contribution is -2.35. The first-order valence-electron chi connectivity index (χ1n) is 7.71. The van der Waals surface area contributed by atoms with E-state index < -0.39 is 0 Å². The van der Waals surface area contributed by atoms with E-state index in [1.165, 1.54) is 0 Å². The van der Waals surface area contributed by atoms with E-state index in [1.807, 2.05) is 19.1 Å². The molecule has 1 atom stereocenters. The van der Waals surface area contributed by atoms with E-state index >= 15 is 0 Å². The first kappa shape index (κ1) is 16.5. The number of carbonyl (C=O) groups is 1. The maximum absolute atomic E-state index is 12.3. The van der Waals surface area contributed by atoms with Crippen molar-refractivity contribution in [1.82, 2.24) is 5.32 Å². The molecule has 1 aliphatic rings. The highest BCUT2D eigenvalue weighted by Gasteiger charge is 2.26. The van der Waals surface area contributed by atoms with Crippen LogP contribution in [-0.2, 0) is 0 Å². The number of urea groups is 1. The minimum absolute atomic E-state index is 0.130. The summed E-state index contributed by atoms with van der Waals surface area (Å²) in [5.41, 5.74) is 2.68. The fraction of sp³-hybridized carbons (Fsp3) is 0.278. The SMILES string of the molecule is COc1cc(C)cc2c1OCCC2NC(=O)Nc1ccc(Cl)cc1. The van der Waals surface area contributed by atoms with Crippen molar-refractivity contribution in [3.05, 3.63) is 52.5 Å². The molecule has 2 aromatic carbocycles. The summed E-state index contributed by atoms with van der Waals surface area (Å²) in [5.74, 6) is 1.39. The van der Waals surface area contributed by atoms with Gasteiger partial charge in [-0.15, -0.1) is 0 Å². The zero-order valence-electron chi connectivity index (χ0n) is 13.6. The average Bonchev–Trinajstić information content (AvgIpc) is 2.57. The Bertz CT molecular complexity index is 747. The lowest BCUT2D eigenvalue weighted by atomic mass is 9.98. The van der Waals surface area contributed by atoms with Gasteiger partial charge in [-0.1, -0.05) is 17.7 Å². The number of hydrogen-bond donors (Lipinski definition) is 2. The summed E-state index contributed by atoms with van der Waals surface area (Å²) in [4.78, 5) is 12.3. The number of halogens is 1. The van der Waals surface area contributed by atoms with E-state index in [9.17, 15) is 4.79 Å². The van der Waals surface area contributed by atoms with Crippen molar-refractivity contribution in [1.29, 1.82) is 0 Å². The minimum Gasteiger partial charge on any atom is -0.493 e. The lowest BCUT2D eigenvalue weighted by molar-refractivity contribution is 0.226. The van der Waals surface area contributed by atoms with Crippen LogP contribution in [0.25, 0.3) is 0 Å². The van der Waals surface area contributed by atoms with E-state index in [1.54, 1.807) is 31.4 Å². The predicted octanol–water partition coefficient (Wildman–Crippen LogP) is 4.30. The Kier molecular flexibility index (Phi) is 4.81. The van der Waals surface area contributed by atoms with Gasteiger partial charge in [0.15, 0.2) is 11.5 Å². The van der Waals surface area contributed by atoms with E-state index in [0.717, 1.165) is 11.1 Å². The monoisotopic (exact) mass is 346 g/mol. The Labute approximate surface area is 145 Å². The van der Waals surface area contributed by atoms with Gasteiger partial charge in [-0.05, 0) is 42.8 Å². The maximum atomic E-state index is 12.3. The molecule has 1 heterocycles. The number of methoxy groups -OCH3 is 1. The van der Waals surface area contributed by atoms with Crippen molar-refractivity contribution in [3.63, 3.8) is 0 Å². The van der Waals surface area contributed by atoms with Crippen molar-refractivity contribution in [2.45, 2.75) is 19.4 Å². The summed E-state index contributed by atoms with van der Waals surface area (Å²) in [6, 6.07) is 10.5. The van der Waals surface area contributed by atoms with Crippen molar-refractivity contribution in [2.75, 3.05) is 19.0 Å². The second-order valence-electron chi connectivity index (χ2n) is 5.68. The van der Waals surface area contributed by atoms with Gasteiger partial charge in [0.05, 0.1) is 19.8 Å². The summed E-state index contributed by atoms with van der Waals surface area (Å²) < 4.78 is 11.1. The lowest BCUT2D eigenvalue weighted by Gasteiger charge is -2.28. The van der Waals surface area contributed by atoms with Gasteiger partial charge in [0.1, 0.15) is 0 Å². The molecule has 2 amide bonds. The summed E-state index contributed by atoms with van der Waals surface area (Å²) in [5, 5.41) is 6.43. The van der Waals surface area contributed by atoms with Crippen LogP contribution < -0.4 is 20.1 Å². The molecule has 0 fully saturated rings. The maximum Gasteiger partial charge on any atom is 0.319 e. The smallest absolute Gasteiger partial charge is 0.319 e. The highest BCUT2D eigenvalue weighted by Crippen LogP contribution is 2.40. The number of ether oxygens (including phenoxy) is 2. The molecular weight excluding hydrogens is 328 g/mol. The molecule has 2 aromatic rings. The molecule has 6 heteroatoms. The number of hydrogen-bond acceptors (Lipinski definition) is 3. The molecule has 0 radical (unpaired) electrons. The van der Waals surface area contributed by atoms with Gasteiger partial charge in [-0.3, -0.25) is 0 Å². The molecule has 0 bridgehead atoms. The Morgan fingerprint density at radius 3 is 2.75 bits per heavy atom. The minimum atomic E-state index is -0.268. The third-order valence-electron chi connectivity index (χ3n) is 3.88. The molecule has 24 heavy (non-hydrogen) atoms. The highest BCUT2D eigenvalue weighted by molar-refractivity contribution is 6.30. The summed E-state index contributed by atoms with van der Waals surface area (Å²) in [7, 11) is 1.61. The molecule has 126 valence electrons. The van der Waals surface area contributed by atoms with Crippen LogP contribution in [0.4, 0.5) is 10.5 Å². The Morgan fingerprint density at radius 1 is 1.29 bits per heavy atom. The molecule has 0 saturated heterocycles. The number of amides is 2. The van der Waals surface area contributed by atoms with Crippen LogP contribution in [0.3, 0.4) is 0 Å². The third kappa shape index (κ3) is 3.57. The van der Waals surface area contributed by atoms with Crippen LogP contribution in [0.15, 0.2) is 36.4 Å². The molecule has 1 aliphatic heterocycles. The predicted molar refractivity (Wildman–Crippen MR) is 94.2 cm³/mol. The molecule has 5 nitrogen and oxygen atoms in total. The normalized spacial score (nSPS) is 15.9. The molecule has 0 spiro atoms. The van der Waals surface area contributed by atoms with Crippen molar-refractivity contribution < 1.29 is 14.3 Å². The quantitative estimate of drug-likeness (QED) is 0.871. The average molecular weight is 347 g/mol. The van der Waals surface area contributed by atoms with Crippen LogP contribution in [0.1, 0.15) is 23.6 Å². The standard InChI is InChI=1S/C18H19ClN2O3/c1-11-9-14-15(7-8-24-17(14)16(10-11)23-2)21-18(22)20-13-5-3-12(19)4-6-13/h3-6,9-10,15H,7-8H2,1-2H3,(H2,20,21,22). The fourth-order valence-corrected chi connectivity index (χ4v) is 2.90. The number of fused-ring (bicyclic) bond motifs is 1. The molecule has 1 unspecified atom stereocenters. The second-order valence-corrected chi connectivity index (χ2v) is 6.12. The zero-order valence-corrected chi connectivity index (χ0v) is 14.3. The van der Waals surface area contributed by atoms with Crippen molar-refractivity contribution >= 4 is 23.3 Å². The molecule has 0 aromatic heterocycles. The van der Waals surface area contributed by atoms with Gasteiger partial charge in [0.2, 0.25) is 0 Å². The largest absolute Gasteiger partial charge is 0.493 e. The summed E-state index contributed by atoms with van der Waals surface area (Å²) in [6.45, 7) is 2.51. The number of nitrogens with one attached hydrogen (secondary N) is 2. The van der Waals surface area contributed by atoms with Gasteiger partial charge in [-0.25, -0.2) is 4.79 Å². The molecule has 0 aliphatic carbocycles. The van der Waals surface area contributed by atoms with Crippen LogP contribution in [0.5, 0.6) is 11.5 Å². The second kappa shape index (κ2) is 7.01.